The van der Waals surface area contributed by atoms with E-state index in [0.29, 0.717) is 13.2 Å². The van der Waals surface area contributed by atoms with E-state index in [-0.39, 0.29) is 18.2 Å². The van der Waals surface area contributed by atoms with Gasteiger partial charge in [-0.2, -0.15) is 0 Å². The van der Waals surface area contributed by atoms with Gasteiger partial charge in [0.2, 0.25) is 6.73 Å². The van der Waals surface area contributed by atoms with Crippen LogP contribution in [0.3, 0.4) is 0 Å². The van der Waals surface area contributed by atoms with Crippen LogP contribution in [-0.4, -0.2) is 64.8 Å². The minimum absolute atomic E-state index is 0.110. The number of carbonyl (C=O) groups is 3. The Morgan fingerprint density at radius 1 is 1.00 bits per heavy atom. The molecule has 0 atom stereocenters. The van der Waals surface area contributed by atoms with Crippen LogP contribution < -0.4 is 9.80 Å². The van der Waals surface area contributed by atoms with Crippen molar-refractivity contribution in [3.63, 3.8) is 0 Å². The van der Waals surface area contributed by atoms with Gasteiger partial charge in [-0.25, -0.2) is 0 Å². The Labute approximate surface area is 152 Å². The molecule has 2 N–H and O–H groups in total. The average molecular weight is 363 g/mol. The van der Waals surface area contributed by atoms with E-state index >= 15 is 0 Å². The standard InChI is InChI=1S/C9H17NO3.C5H11N.C4H8O2/c1-4-10(5-2)7-13-9(12)6-8(3)11;1-6-4-2-3-5-6;1-3-4(5)6-2/h4-7H2,1-3H3;2-5H2,1H3;3H2,1-2H3/p+2. The lowest BCUT2D eigenvalue weighted by Crippen LogP contribution is -3.11. The Hall–Kier alpha value is -1.47. The predicted molar refractivity (Wildman–Crippen MR) is 96.5 cm³/mol. The fourth-order valence-corrected chi connectivity index (χ4v) is 2.01. The van der Waals surface area contributed by atoms with E-state index in [4.69, 9.17) is 4.74 Å². The van der Waals surface area contributed by atoms with E-state index in [1.165, 1.54) is 44.9 Å². The van der Waals surface area contributed by atoms with Crippen molar-refractivity contribution in [1.29, 1.82) is 0 Å². The molecule has 1 heterocycles. The molecule has 1 aliphatic heterocycles. The molecule has 1 saturated heterocycles. The van der Waals surface area contributed by atoms with E-state index in [1.807, 2.05) is 13.8 Å². The number of methoxy groups -OCH3 is 1. The molecule has 0 aromatic carbocycles. The molecule has 148 valence electrons. The van der Waals surface area contributed by atoms with E-state index in [0.717, 1.165) is 13.1 Å². The fourth-order valence-electron chi connectivity index (χ4n) is 2.01. The fraction of sp³-hybridized carbons (Fsp3) is 0.833. The first-order valence-corrected chi connectivity index (χ1v) is 9.17. The van der Waals surface area contributed by atoms with E-state index in [9.17, 15) is 14.4 Å². The zero-order chi connectivity index (χ0) is 19.7. The summed E-state index contributed by atoms with van der Waals surface area (Å²) in [6, 6.07) is 0. The molecule has 0 aromatic heterocycles. The molecular formula is C18H38N2O5+2. The van der Waals surface area contributed by atoms with Crippen molar-refractivity contribution in [3.8, 4) is 0 Å². The summed E-state index contributed by atoms with van der Waals surface area (Å²) in [5.74, 6) is -0.735. The number of esters is 2. The third-order valence-electron chi connectivity index (χ3n) is 3.80. The third-order valence-corrected chi connectivity index (χ3v) is 3.80. The predicted octanol–water partition coefficient (Wildman–Crippen LogP) is -0.745. The number of hydrogen-bond donors (Lipinski definition) is 2. The second kappa shape index (κ2) is 17.4. The molecule has 0 saturated carbocycles. The summed E-state index contributed by atoms with van der Waals surface area (Å²) in [4.78, 5) is 34.3. The number of hydrogen-bond acceptors (Lipinski definition) is 5. The quantitative estimate of drug-likeness (QED) is 0.354. The van der Waals surface area contributed by atoms with Crippen molar-refractivity contribution in [1.82, 2.24) is 0 Å². The topological polar surface area (TPSA) is 78.5 Å². The highest BCUT2D eigenvalue weighted by Gasteiger charge is 2.09. The van der Waals surface area contributed by atoms with Crippen LogP contribution in [0, 0.1) is 0 Å². The highest BCUT2D eigenvalue weighted by molar-refractivity contribution is 5.94. The second-order valence-corrected chi connectivity index (χ2v) is 6.09. The molecule has 0 aliphatic carbocycles. The van der Waals surface area contributed by atoms with Gasteiger partial charge in [0.05, 0.1) is 40.3 Å². The van der Waals surface area contributed by atoms with Crippen molar-refractivity contribution < 1.29 is 33.7 Å². The van der Waals surface area contributed by atoms with Gasteiger partial charge in [-0.3, -0.25) is 14.4 Å². The molecule has 0 unspecified atom stereocenters. The number of nitrogens with one attached hydrogen (secondary N) is 2. The molecule has 25 heavy (non-hydrogen) atoms. The van der Waals surface area contributed by atoms with Crippen LogP contribution in [0.15, 0.2) is 0 Å². The molecule has 1 rings (SSSR count). The van der Waals surface area contributed by atoms with Crippen LogP contribution in [0.25, 0.3) is 0 Å². The maximum atomic E-state index is 10.9. The molecule has 1 aliphatic rings. The molecule has 0 bridgehead atoms. The van der Waals surface area contributed by atoms with Crippen molar-refractivity contribution >= 4 is 17.7 Å². The highest BCUT2D eigenvalue weighted by Crippen LogP contribution is 1.85. The SMILES string of the molecule is CCC(=O)OC.CC[NH+](CC)COC(=O)CC(C)=O.C[NH+]1CCCC1. The smallest absolute Gasteiger partial charge is 0.317 e. The van der Waals surface area contributed by atoms with Gasteiger partial charge < -0.3 is 19.3 Å². The number of likely N-dealkylation sites (tertiary alicyclic amines) is 1. The molecular weight excluding hydrogens is 324 g/mol. The summed E-state index contributed by atoms with van der Waals surface area (Å²) in [6.07, 6.45) is 3.26. The van der Waals surface area contributed by atoms with Crippen LogP contribution >= 0.6 is 0 Å². The number of carbonyl (C=O) groups excluding carboxylic acids is 3. The number of ketones is 1. The number of rotatable bonds is 7. The van der Waals surface area contributed by atoms with Gasteiger partial charge in [0.1, 0.15) is 12.2 Å². The molecule has 7 nitrogen and oxygen atoms in total. The molecule has 0 aromatic rings. The summed E-state index contributed by atoms with van der Waals surface area (Å²) >= 11 is 0. The summed E-state index contributed by atoms with van der Waals surface area (Å²) < 4.78 is 9.16. The van der Waals surface area contributed by atoms with Gasteiger partial charge in [-0.15, -0.1) is 0 Å². The lowest BCUT2D eigenvalue weighted by molar-refractivity contribution is -0.913. The number of ether oxygens (including phenoxy) is 2. The van der Waals surface area contributed by atoms with Gasteiger partial charge in [0, 0.05) is 19.3 Å². The minimum Gasteiger partial charge on any atom is -0.469 e. The average Bonchev–Trinajstić information content (AvgIpc) is 3.06. The third kappa shape index (κ3) is 18.7. The van der Waals surface area contributed by atoms with Gasteiger partial charge >= 0.3 is 11.9 Å². The lowest BCUT2D eigenvalue weighted by atomic mass is 10.3. The number of Topliss-reactive ketones (excluding diaryl/α,β-unsaturated/α-hetero) is 1. The Morgan fingerprint density at radius 2 is 1.52 bits per heavy atom. The Kier molecular flexibility index (Phi) is 17.9. The van der Waals surface area contributed by atoms with Crippen LogP contribution in [0.5, 0.6) is 0 Å². The molecule has 0 radical (unpaired) electrons. The first kappa shape index (κ1) is 25.8. The Balaban J connectivity index is 0. The minimum atomic E-state index is -0.424. The van der Waals surface area contributed by atoms with Crippen LogP contribution in [0.4, 0.5) is 0 Å². The van der Waals surface area contributed by atoms with E-state index in [1.54, 1.807) is 11.8 Å². The van der Waals surface area contributed by atoms with Crippen LogP contribution in [-0.2, 0) is 23.9 Å². The van der Waals surface area contributed by atoms with Crippen LogP contribution in [0.2, 0.25) is 0 Å². The van der Waals surface area contributed by atoms with Gasteiger partial charge in [-0.05, 0) is 20.8 Å². The summed E-state index contributed by atoms with van der Waals surface area (Å²) in [5, 5.41) is 0. The highest BCUT2D eigenvalue weighted by atomic mass is 16.5. The van der Waals surface area contributed by atoms with E-state index < -0.39 is 5.97 Å². The lowest BCUT2D eigenvalue weighted by Gasteiger charge is -2.14. The zero-order valence-electron chi connectivity index (χ0n) is 16.9. The molecule has 0 spiro atoms. The van der Waals surface area contributed by atoms with Crippen molar-refractivity contribution in [2.24, 2.45) is 0 Å². The van der Waals surface area contributed by atoms with Crippen molar-refractivity contribution in [2.45, 2.75) is 53.4 Å². The maximum Gasteiger partial charge on any atom is 0.317 e. The Bertz CT molecular complexity index is 358. The van der Waals surface area contributed by atoms with Crippen LogP contribution in [0.1, 0.15) is 53.4 Å². The number of quaternary nitrogens is 2. The van der Waals surface area contributed by atoms with Crippen molar-refractivity contribution in [3.05, 3.63) is 0 Å². The summed E-state index contributed by atoms with van der Waals surface area (Å²) in [6.45, 7) is 12.2. The van der Waals surface area contributed by atoms with Gasteiger partial charge in [0.15, 0.2) is 0 Å². The van der Waals surface area contributed by atoms with Gasteiger partial charge in [-0.1, -0.05) is 6.92 Å². The first-order valence-electron chi connectivity index (χ1n) is 9.17. The Morgan fingerprint density at radius 3 is 1.76 bits per heavy atom. The maximum absolute atomic E-state index is 10.9. The zero-order valence-corrected chi connectivity index (χ0v) is 16.9. The van der Waals surface area contributed by atoms with Crippen molar-refractivity contribution in [2.75, 3.05) is 47.1 Å². The molecule has 1 fully saturated rings. The molecule has 0 amide bonds. The normalized spacial score (nSPS) is 13.2. The second-order valence-electron chi connectivity index (χ2n) is 6.09. The monoisotopic (exact) mass is 362 g/mol. The summed E-state index contributed by atoms with van der Waals surface area (Å²) in [7, 11) is 3.64. The largest absolute Gasteiger partial charge is 0.469 e. The van der Waals surface area contributed by atoms with Gasteiger partial charge in [0.25, 0.3) is 0 Å². The van der Waals surface area contributed by atoms with E-state index in [2.05, 4.69) is 11.8 Å². The summed E-state index contributed by atoms with van der Waals surface area (Å²) in [5.41, 5.74) is 0. The first-order chi connectivity index (χ1) is 11.8. The molecule has 7 heteroatoms.